The Morgan fingerprint density at radius 1 is 1.50 bits per heavy atom. The topological polar surface area (TPSA) is 60.5 Å². The van der Waals surface area contributed by atoms with Crippen LogP contribution >= 0.6 is 22.9 Å². The van der Waals surface area contributed by atoms with Crippen LogP contribution in [0.15, 0.2) is 30.5 Å². The number of nitrogens with zero attached hydrogens (tertiary/aromatic N) is 2. The number of hydrogen-bond acceptors (Lipinski definition) is 4. The van der Waals surface area contributed by atoms with Crippen LogP contribution in [0.2, 0.25) is 4.34 Å². The van der Waals surface area contributed by atoms with Gasteiger partial charge in [0.05, 0.1) is 22.5 Å². The van der Waals surface area contributed by atoms with E-state index in [1.54, 1.807) is 24.2 Å². The van der Waals surface area contributed by atoms with Crippen molar-refractivity contribution in [3.63, 3.8) is 0 Å². The van der Waals surface area contributed by atoms with Gasteiger partial charge in [0.25, 0.3) is 0 Å². The van der Waals surface area contributed by atoms with Crippen molar-refractivity contribution < 1.29 is 9.91 Å². The first-order valence-corrected chi connectivity index (χ1v) is 6.38. The molecule has 2 heterocycles. The molecule has 94 valence electrons. The van der Waals surface area contributed by atoms with E-state index in [0.29, 0.717) is 16.7 Å². The number of pyridine rings is 1. The summed E-state index contributed by atoms with van der Waals surface area (Å²) in [5.41, 5.74) is 0.0580. The number of aromatic amines is 1. The number of halogens is 1. The molecule has 0 saturated carbocycles. The van der Waals surface area contributed by atoms with Crippen molar-refractivity contribution in [3.05, 3.63) is 49.8 Å². The summed E-state index contributed by atoms with van der Waals surface area (Å²) in [5.74, 6) is 0.479. The lowest BCUT2D eigenvalue weighted by Crippen LogP contribution is -2.25. The van der Waals surface area contributed by atoms with Crippen LogP contribution in [0.4, 0.5) is 11.5 Å². The van der Waals surface area contributed by atoms with E-state index in [1.165, 1.54) is 17.4 Å². The zero-order valence-electron chi connectivity index (χ0n) is 9.59. The average Bonchev–Trinajstić information content (AvgIpc) is 2.74. The molecule has 18 heavy (non-hydrogen) atoms. The van der Waals surface area contributed by atoms with Gasteiger partial charge in [-0.1, -0.05) is 11.6 Å². The molecular weight excluding hydrogens is 274 g/mol. The number of nitro groups is 1. The maximum Gasteiger partial charge on any atom is 0.357 e. The molecule has 1 N–H and O–H groups in total. The van der Waals surface area contributed by atoms with E-state index in [-0.39, 0.29) is 5.69 Å². The fourth-order valence-electron chi connectivity index (χ4n) is 1.62. The Morgan fingerprint density at radius 3 is 2.89 bits per heavy atom. The van der Waals surface area contributed by atoms with Crippen molar-refractivity contribution in [2.24, 2.45) is 0 Å². The van der Waals surface area contributed by atoms with Crippen molar-refractivity contribution in [3.8, 4) is 0 Å². The van der Waals surface area contributed by atoms with Crippen molar-refractivity contribution >= 4 is 34.4 Å². The number of nitrogens with one attached hydrogen (secondary N) is 1. The molecule has 0 saturated heterocycles. The van der Waals surface area contributed by atoms with Crippen LogP contribution in [-0.4, -0.2) is 12.0 Å². The van der Waals surface area contributed by atoms with Gasteiger partial charge in [0.2, 0.25) is 0 Å². The van der Waals surface area contributed by atoms with Gasteiger partial charge in [0.15, 0.2) is 0 Å². The molecule has 0 bridgehead atoms. The molecule has 0 unspecified atom stereocenters. The number of hydrogen-bond donors (Lipinski definition) is 0. The van der Waals surface area contributed by atoms with Gasteiger partial charge in [-0.3, -0.25) is 15.0 Å². The van der Waals surface area contributed by atoms with Crippen LogP contribution in [-0.2, 0) is 6.54 Å². The number of aromatic nitrogens is 1. The Morgan fingerprint density at radius 2 is 2.28 bits per heavy atom. The van der Waals surface area contributed by atoms with Crippen molar-refractivity contribution in [1.29, 1.82) is 0 Å². The monoisotopic (exact) mass is 284 g/mol. The summed E-state index contributed by atoms with van der Waals surface area (Å²) in [7, 11) is 1.80. The normalized spacial score (nSPS) is 10.3. The van der Waals surface area contributed by atoms with E-state index in [4.69, 9.17) is 11.6 Å². The van der Waals surface area contributed by atoms with Gasteiger partial charge in [0.1, 0.15) is 6.54 Å². The smallest absolute Gasteiger partial charge is 0.258 e. The molecule has 0 radical (unpaired) electrons. The van der Waals surface area contributed by atoms with E-state index in [0.717, 1.165) is 4.88 Å². The van der Waals surface area contributed by atoms with Crippen LogP contribution in [0.25, 0.3) is 0 Å². The fourth-order valence-corrected chi connectivity index (χ4v) is 2.76. The molecule has 7 heteroatoms. The summed E-state index contributed by atoms with van der Waals surface area (Å²) in [4.78, 5) is 16.3. The zero-order chi connectivity index (χ0) is 13.1. The van der Waals surface area contributed by atoms with Crippen LogP contribution < -0.4 is 9.88 Å². The number of rotatable bonds is 4. The maximum absolute atomic E-state index is 10.9. The molecule has 0 aliphatic carbocycles. The van der Waals surface area contributed by atoms with Gasteiger partial charge >= 0.3 is 11.5 Å². The second-order valence-corrected chi connectivity index (χ2v) is 5.52. The zero-order valence-corrected chi connectivity index (χ0v) is 11.2. The molecule has 0 spiro atoms. The molecule has 0 atom stereocenters. The van der Waals surface area contributed by atoms with E-state index in [2.05, 4.69) is 4.98 Å². The van der Waals surface area contributed by atoms with Gasteiger partial charge in [-0.25, -0.2) is 4.98 Å². The van der Waals surface area contributed by atoms with E-state index in [9.17, 15) is 10.1 Å². The Labute approximate surface area is 113 Å². The van der Waals surface area contributed by atoms with Gasteiger partial charge in [-0.05, 0) is 18.2 Å². The minimum Gasteiger partial charge on any atom is -0.258 e. The summed E-state index contributed by atoms with van der Waals surface area (Å²) in [6, 6.07) is 6.82. The van der Waals surface area contributed by atoms with Crippen molar-refractivity contribution in [1.82, 2.24) is 0 Å². The summed E-state index contributed by atoms with van der Waals surface area (Å²) in [6.07, 6.45) is 1.67. The minimum atomic E-state index is -0.399. The number of thiophene rings is 1. The highest BCUT2D eigenvalue weighted by atomic mass is 35.5. The third-order valence-corrected chi connectivity index (χ3v) is 3.63. The second-order valence-electron chi connectivity index (χ2n) is 3.72. The second kappa shape index (κ2) is 5.32. The lowest BCUT2D eigenvalue weighted by Gasteiger charge is -2.09. The molecule has 0 aliphatic rings. The van der Waals surface area contributed by atoms with Gasteiger partial charge in [-0.2, -0.15) is 0 Å². The molecule has 5 nitrogen and oxygen atoms in total. The highest BCUT2D eigenvalue weighted by Crippen LogP contribution is 2.26. The average molecular weight is 285 g/mol. The third kappa shape index (κ3) is 2.77. The molecule has 0 aromatic carbocycles. The molecule has 0 aliphatic heterocycles. The van der Waals surface area contributed by atoms with Crippen molar-refractivity contribution in [2.45, 2.75) is 6.54 Å². The molecular formula is C11H11ClN3O2S+. The largest absolute Gasteiger partial charge is 0.357 e. The summed E-state index contributed by atoms with van der Waals surface area (Å²) in [6.45, 7) is 0.568. The molecule has 0 amide bonds. The first kappa shape index (κ1) is 12.8. The Bertz CT molecular complexity index is 573. The summed E-state index contributed by atoms with van der Waals surface area (Å²) < 4.78 is 0.713. The van der Waals surface area contributed by atoms with Crippen LogP contribution in [0, 0.1) is 10.1 Å². The lowest BCUT2D eigenvalue weighted by atomic mass is 10.3. The molecule has 2 rings (SSSR count). The van der Waals surface area contributed by atoms with Gasteiger partial charge < -0.3 is 0 Å². The third-order valence-electron chi connectivity index (χ3n) is 2.41. The minimum absolute atomic E-state index is 0.0580. The van der Waals surface area contributed by atoms with E-state index in [1.807, 2.05) is 12.1 Å². The first-order chi connectivity index (χ1) is 8.58. The highest BCUT2D eigenvalue weighted by molar-refractivity contribution is 7.16. The molecule has 2 aromatic heterocycles. The summed E-state index contributed by atoms with van der Waals surface area (Å²) in [5, 5.41) is 10.9. The predicted octanol–water partition coefficient (Wildman–Crippen LogP) is 2.76. The van der Waals surface area contributed by atoms with Crippen LogP contribution in [0.5, 0.6) is 0 Å². The Kier molecular flexibility index (Phi) is 3.78. The van der Waals surface area contributed by atoms with Crippen LogP contribution in [0.1, 0.15) is 4.88 Å². The number of anilines is 1. The number of H-pyrrole nitrogens is 1. The summed E-state index contributed by atoms with van der Waals surface area (Å²) >= 11 is 7.32. The van der Waals surface area contributed by atoms with E-state index >= 15 is 0 Å². The quantitative estimate of drug-likeness (QED) is 0.641. The first-order valence-electron chi connectivity index (χ1n) is 5.18. The highest BCUT2D eigenvalue weighted by Gasteiger charge is 2.24. The lowest BCUT2D eigenvalue weighted by molar-refractivity contribution is -0.411. The Hall–Kier alpha value is -1.66. The Balaban J connectivity index is 2.23. The standard InChI is InChI=1S/C11H10ClN3O2S/c1-14(7-8-4-5-10(12)18-8)11-9(15(16)17)3-2-6-13-11/h2-6H,7H2,1H3/p+1. The molecule has 0 fully saturated rings. The van der Waals surface area contributed by atoms with E-state index < -0.39 is 4.92 Å². The van der Waals surface area contributed by atoms with Crippen molar-refractivity contribution in [2.75, 3.05) is 11.9 Å². The van der Waals surface area contributed by atoms with Gasteiger partial charge in [-0.15, -0.1) is 11.3 Å². The van der Waals surface area contributed by atoms with Gasteiger partial charge in [0, 0.05) is 10.9 Å². The fraction of sp³-hybridized carbons (Fsp3) is 0.182. The predicted molar refractivity (Wildman–Crippen MR) is 71.1 cm³/mol. The maximum atomic E-state index is 10.9. The molecule has 2 aromatic rings. The SMILES string of the molecule is CN(Cc1ccc(Cl)s1)c1[nH+]cccc1[N+](=O)[O-]. The van der Waals surface area contributed by atoms with Crippen LogP contribution in [0.3, 0.4) is 0 Å².